The van der Waals surface area contributed by atoms with Crippen LogP contribution in [0.3, 0.4) is 0 Å². The molecule has 3 rings (SSSR count). The van der Waals surface area contributed by atoms with Gasteiger partial charge in [0.15, 0.2) is 0 Å². The van der Waals surface area contributed by atoms with Crippen molar-refractivity contribution in [1.82, 2.24) is 20.9 Å². The highest BCUT2D eigenvalue weighted by molar-refractivity contribution is 6.09. The first-order valence-electron chi connectivity index (χ1n) is 11.9. The lowest BCUT2D eigenvalue weighted by Gasteiger charge is -2.42. The topological polar surface area (TPSA) is 117 Å². The predicted molar refractivity (Wildman–Crippen MR) is 127 cm³/mol. The number of benzene rings is 1. The van der Waals surface area contributed by atoms with E-state index in [1.54, 1.807) is 19.2 Å². The van der Waals surface area contributed by atoms with Crippen LogP contribution in [0.25, 0.3) is 0 Å². The van der Waals surface area contributed by atoms with Crippen molar-refractivity contribution in [3.63, 3.8) is 0 Å². The summed E-state index contributed by atoms with van der Waals surface area (Å²) in [5, 5.41) is 8.05. The quantitative estimate of drug-likeness (QED) is 0.477. The highest BCUT2D eigenvalue weighted by Gasteiger charge is 2.53. The summed E-state index contributed by atoms with van der Waals surface area (Å²) in [5.41, 5.74) is 0.177. The third kappa shape index (κ3) is 5.69. The molecule has 186 valence electrons. The van der Waals surface area contributed by atoms with Crippen molar-refractivity contribution < 1.29 is 23.9 Å². The standard InChI is InChI=1S/C25H36N4O5/c1-5-24(2,3)18-10-12-25(13-11-18)22(32)29(23(33)28-25)16-21(31)27-15-20(30)26-14-17-6-8-19(34-4)9-7-17/h6-9,18H,5,10-16H2,1-4H3,(H,26,30)(H,27,31)(H,28,33). The minimum atomic E-state index is -0.909. The van der Waals surface area contributed by atoms with Gasteiger partial charge in [-0.05, 0) is 54.7 Å². The zero-order valence-electron chi connectivity index (χ0n) is 20.5. The molecule has 1 aromatic carbocycles. The molecule has 0 bridgehead atoms. The number of nitrogens with zero attached hydrogens (tertiary/aromatic N) is 1. The van der Waals surface area contributed by atoms with Crippen molar-refractivity contribution in [3.05, 3.63) is 29.8 Å². The molecule has 2 aliphatic rings. The smallest absolute Gasteiger partial charge is 0.325 e. The fourth-order valence-electron chi connectivity index (χ4n) is 4.72. The number of ether oxygens (including phenoxy) is 1. The SMILES string of the molecule is CCC(C)(C)C1CCC2(CC1)NC(=O)N(CC(=O)NCC(=O)NCc1ccc(OC)cc1)C2=O. The van der Waals surface area contributed by atoms with Crippen LogP contribution in [-0.4, -0.2) is 54.4 Å². The van der Waals surface area contributed by atoms with Gasteiger partial charge in [-0.1, -0.05) is 39.3 Å². The molecule has 5 amide bonds. The van der Waals surface area contributed by atoms with Crippen LogP contribution < -0.4 is 20.7 Å². The van der Waals surface area contributed by atoms with E-state index in [1.165, 1.54) is 0 Å². The number of hydrogen-bond donors (Lipinski definition) is 3. The molecule has 1 spiro atoms. The summed E-state index contributed by atoms with van der Waals surface area (Å²) in [7, 11) is 1.58. The number of carbonyl (C=O) groups is 4. The second-order valence-electron chi connectivity index (χ2n) is 9.92. The van der Waals surface area contributed by atoms with Crippen LogP contribution in [0.15, 0.2) is 24.3 Å². The molecule has 1 heterocycles. The number of carbonyl (C=O) groups excluding carboxylic acids is 4. The van der Waals surface area contributed by atoms with Crippen molar-refractivity contribution >= 4 is 23.8 Å². The molecule has 1 saturated heterocycles. The Morgan fingerprint density at radius 1 is 1.12 bits per heavy atom. The summed E-state index contributed by atoms with van der Waals surface area (Å²) < 4.78 is 5.10. The second kappa shape index (κ2) is 10.4. The van der Waals surface area contributed by atoms with Gasteiger partial charge in [-0.2, -0.15) is 0 Å². The number of urea groups is 1. The summed E-state index contributed by atoms with van der Waals surface area (Å²) in [5.74, 6) is -0.0379. The molecule has 1 aromatic rings. The van der Waals surface area contributed by atoms with Gasteiger partial charge in [0.2, 0.25) is 11.8 Å². The predicted octanol–water partition coefficient (Wildman–Crippen LogP) is 2.34. The molecule has 1 saturated carbocycles. The lowest BCUT2D eigenvalue weighted by molar-refractivity contribution is -0.136. The van der Waals surface area contributed by atoms with Gasteiger partial charge in [0, 0.05) is 6.54 Å². The normalized spacial score (nSPS) is 22.5. The third-order valence-electron chi connectivity index (χ3n) is 7.50. The molecule has 9 nitrogen and oxygen atoms in total. The van der Waals surface area contributed by atoms with Crippen LogP contribution >= 0.6 is 0 Å². The highest BCUT2D eigenvalue weighted by atomic mass is 16.5. The van der Waals surface area contributed by atoms with E-state index in [2.05, 4.69) is 36.7 Å². The van der Waals surface area contributed by atoms with Gasteiger partial charge in [-0.3, -0.25) is 19.3 Å². The number of imide groups is 1. The van der Waals surface area contributed by atoms with E-state index in [9.17, 15) is 19.2 Å². The van der Waals surface area contributed by atoms with Crippen LogP contribution in [0.5, 0.6) is 5.75 Å². The molecule has 1 aliphatic heterocycles. The van der Waals surface area contributed by atoms with Gasteiger partial charge in [-0.25, -0.2) is 4.79 Å². The van der Waals surface area contributed by atoms with Gasteiger partial charge < -0.3 is 20.7 Å². The van der Waals surface area contributed by atoms with E-state index in [-0.39, 0.29) is 23.8 Å². The van der Waals surface area contributed by atoms with Gasteiger partial charge in [-0.15, -0.1) is 0 Å². The Balaban J connectivity index is 1.45. The van der Waals surface area contributed by atoms with Gasteiger partial charge in [0.05, 0.1) is 13.7 Å². The van der Waals surface area contributed by atoms with Gasteiger partial charge in [0.25, 0.3) is 5.91 Å². The van der Waals surface area contributed by atoms with Crippen LogP contribution in [0, 0.1) is 11.3 Å². The number of rotatable bonds is 9. The van der Waals surface area contributed by atoms with E-state index in [0.717, 1.165) is 35.5 Å². The van der Waals surface area contributed by atoms with Crippen molar-refractivity contribution in [3.8, 4) is 5.75 Å². The monoisotopic (exact) mass is 472 g/mol. The van der Waals surface area contributed by atoms with Gasteiger partial charge >= 0.3 is 6.03 Å². The number of methoxy groups -OCH3 is 1. The van der Waals surface area contributed by atoms with E-state index >= 15 is 0 Å². The Bertz CT molecular complexity index is 920. The summed E-state index contributed by atoms with van der Waals surface area (Å²) >= 11 is 0. The maximum atomic E-state index is 13.1. The van der Waals surface area contributed by atoms with Crippen molar-refractivity contribution in [2.24, 2.45) is 11.3 Å². The maximum Gasteiger partial charge on any atom is 0.325 e. The first kappa shape index (κ1) is 25.5. The van der Waals surface area contributed by atoms with E-state index in [0.29, 0.717) is 25.3 Å². The largest absolute Gasteiger partial charge is 0.497 e. The molecular weight excluding hydrogens is 436 g/mol. The zero-order valence-corrected chi connectivity index (χ0v) is 20.5. The minimum Gasteiger partial charge on any atom is -0.497 e. The maximum absolute atomic E-state index is 13.1. The van der Waals surface area contributed by atoms with Crippen LogP contribution in [0.2, 0.25) is 0 Å². The second-order valence-corrected chi connectivity index (χ2v) is 9.92. The molecular formula is C25H36N4O5. The summed E-state index contributed by atoms with van der Waals surface area (Å²) in [6.07, 6.45) is 3.95. The summed E-state index contributed by atoms with van der Waals surface area (Å²) in [4.78, 5) is 51.0. The molecule has 0 aromatic heterocycles. The summed E-state index contributed by atoms with van der Waals surface area (Å²) in [6, 6.07) is 6.72. The first-order chi connectivity index (χ1) is 16.1. The molecule has 0 unspecified atom stereocenters. The molecule has 0 radical (unpaired) electrons. The molecule has 2 fully saturated rings. The van der Waals surface area contributed by atoms with Crippen LogP contribution in [-0.2, 0) is 20.9 Å². The number of hydrogen-bond acceptors (Lipinski definition) is 5. The molecule has 9 heteroatoms. The van der Waals surface area contributed by atoms with Crippen molar-refractivity contribution in [2.75, 3.05) is 20.2 Å². The average Bonchev–Trinajstić information content (AvgIpc) is 3.05. The fraction of sp³-hybridized carbons (Fsp3) is 0.600. The molecule has 34 heavy (non-hydrogen) atoms. The number of nitrogens with one attached hydrogen (secondary N) is 3. The Labute approximate surface area is 201 Å². The Morgan fingerprint density at radius 3 is 2.35 bits per heavy atom. The van der Waals surface area contributed by atoms with E-state index in [4.69, 9.17) is 4.74 Å². The van der Waals surface area contributed by atoms with E-state index < -0.39 is 24.0 Å². The van der Waals surface area contributed by atoms with Crippen LogP contribution in [0.1, 0.15) is 58.4 Å². The molecule has 3 N–H and O–H groups in total. The van der Waals surface area contributed by atoms with E-state index in [1.807, 2.05) is 12.1 Å². The zero-order chi connectivity index (χ0) is 24.9. The molecule has 1 aliphatic carbocycles. The fourth-order valence-corrected chi connectivity index (χ4v) is 4.72. The van der Waals surface area contributed by atoms with Crippen LogP contribution in [0.4, 0.5) is 4.79 Å². The Kier molecular flexibility index (Phi) is 7.84. The lowest BCUT2D eigenvalue weighted by Crippen LogP contribution is -2.51. The number of amides is 5. The Hall–Kier alpha value is -3.10. The highest BCUT2D eigenvalue weighted by Crippen LogP contribution is 2.45. The van der Waals surface area contributed by atoms with Crippen molar-refractivity contribution in [2.45, 2.75) is 65.0 Å². The average molecular weight is 473 g/mol. The van der Waals surface area contributed by atoms with Crippen molar-refractivity contribution in [1.29, 1.82) is 0 Å². The summed E-state index contributed by atoms with van der Waals surface area (Å²) in [6.45, 7) is 6.33. The van der Waals surface area contributed by atoms with Gasteiger partial charge in [0.1, 0.15) is 17.8 Å². The minimum absolute atomic E-state index is 0.195. The first-order valence-corrected chi connectivity index (χ1v) is 11.9. The Morgan fingerprint density at radius 2 is 1.76 bits per heavy atom. The lowest BCUT2D eigenvalue weighted by atomic mass is 9.65. The molecule has 0 atom stereocenters. The third-order valence-corrected chi connectivity index (χ3v) is 7.50.